The fourth-order valence-electron chi connectivity index (χ4n) is 12.7. The van der Waals surface area contributed by atoms with Crippen molar-refractivity contribution in [1.29, 1.82) is 0 Å². The minimum absolute atomic E-state index is 0.609. The number of rotatable bonds is 5. The molecule has 0 bridgehead atoms. The average molecular weight is 888 g/mol. The fourth-order valence-corrected chi connectivity index (χ4v) is 12.7. The highest BCUT2D eigenvalue weighted by Crippen LogP contribution is 2.34. The van der Waals surface area contributed by atoms with Crippen molar-refractivity contribution in [3.8, 4) is 45.5 Å². The van der Waals surface area contributed by atoms with Crippen molar-refractivity contribution >= 4 is 323 Å². The van der Waals surface area contributed by atoms with Crippen LogP contribution in [0.2, 0.25) is 0 Å². The summed E-state index contributed by atoms with van der Waals surface area (Å²) in [5, 5.41) is 5.02. The van der Waals surface area contributed by atoms with Crippen LogP contribution in [-0.2, 0) is 0 Å². The highest BCUT2D eigenvalue weighted by Gasteiger charge is 2.30. The van der Waals surface area contributed by atoms with Gasteiger partial charge in [0.1, 0.15) is 165 Å². The second-order valence-electron chi connectivity index (χ2n) is 21.4. The predicted molar refractivity (Wildman–Crippen MR) is 377 cm³/mol. The maximum absolute atomic E-state index is 5.82. The number of aromatic nitrogens is 5. The van der Waals surface area contributed by atoms with Gasteiger partial charge < -0.3 is 4.57 Å². The van der Waals surface area contributed by atoms with Gasteiger partial charge in [-0.2, -0.15) is 9.97 Å². The van der Waals surface area contributed by atoms with Gasteiger partial charge in [0.15, 0.2) is 11.6 Å². The summed E-state index contributed by atoms with van der Waals surface area (Å²) in [6.07, 6.45) is 0. The van der Waals surface area contributed by atoms with Gasteiger partial charge in [0.25, 0.3) is 0 Å². The molecular weight excluding hydrogens is 838 g/mol. The molecule has 3 heterocycles. The molecule has 0 aliphatic rings. The Morgan fingerprint density at radius 2 is 0.577 bits per heavy atom. The van der Waals surface area contributed by atoms with Crippen LogP contribution in [0.5, 0.6) is 0 Å². The Bertz CT molecular complexity index is 3900. The molecule has 0 saturated carbocycles. The number of para-hydroxylation sites is 2. The zero-order valence-electron chi connectivity index (χ0n) is 46.4. The lowest BCUT2D eigenvalue weighted by atomic mass is 9.56. The van der Waals surface area contributed by atoms with Crippen LogP contribution in [-0.4, -0.2) is 189 Å². The van der Waals surface area contributed by atoms with E-state index in [-0.39, 0.29) is 0 Å². The molecule has 0 aliphatic heterocycles. The van der Waals surface area contributed by atoms with E-state index in [2.05, 4.69) is 222 Å². The predicted octanol–water partition coefficient (Wildman–Crippen LogP) is -25.5. The summed E-state index contributed by atoms with van der Waals surface area (Å²) in [6.45, 7) is 0. The standard InChI is InChI=1S/C45H50B21N5/c46-19-13(14-21(48)28(55)33(60)29(56)22(14)49)20(47)26(53)17(25(19)52)43-67-44(69-45(68-43)70-11-7-3-1-5-9(11)10-6-2-4-8-12(10)70)18-27(54)32(59)36(63)39(66)42(18)71-40-15(23(50)30(57)34(61)37(40)64)16-24(51)31(58)35(62)38(65)41(16)71/h1-8H,46-66H2. The summed E-state index contributed by atoms with van der Waals surface area (Å²) >= 11 is 0. The van der Waals surface area contributed by atoms with Gasteiger partial charge in [-0.1, -0.05) is 118 Å². The van der Waals surface area contributed by atoms with Crippen LogP contribution in [0.3, 0.4) is 0 Å². The van der Waals surface area contributed by atoms with E-state index >= 15 is 0 Å². The Morgan fingerprint density at radius 1 is 0.268 bits per heavy atom. The lowest BCUT2D eigenvalue weighted by molar-refractivity contribution is 0.954. The van der Waals surface area contributed by atoms with E-state index in [0.717, 1.165) is 27.8 Å². The molecule has 0 spiro atoms. The van der Waals surface area contributed by atoms with Crippen LogP contribution in [0.1, 0.15) is 0 Å². The average Bonchev–Trinajstić information content (AvgIpc) is 3.90. The first-order chi connectivity index (χ1) is 33.5. The van der Waals surface area contributed by atoms with E-state index in [4.69, 9.17) is 15.0 Å². The SMILES string of the molecule is Bc1c(B)c(B)c(-c2c(B)c(B)c(-c3nc(-c4c(B)c(B)c(B)c(B)c4-n4c5c(B)c(B)c(B)c(B)c5c5c(B)c(B)c(B)c(B)c54)nc(-n4c5ccccc5c5ccccc54)n3)c(B)c2B)c(B)c1B. The molecule has 0 atom stereocenters. The number of hydrogen-bond acceptors (Lipinski definition) is 3. The highest BCUT2D eigenvalue weighted by molar-refractivity contribution is 6.74. The summed E-state index contributed by atoms with van der Waals surface area (Å²) in [5.41, 5.74) is 37.9. The van der Waals surface area contributed by atoms with E-state index in [1.807, 2.05) is 0 Å². The van der Waals surface area contributed by atoms with Crippen molar-refractivity contribution in [3.63, 3.8) is 0 Å². The third-order valence-electron chi connectivity index (χ3n) is 18.6. The molecule has 0 unspecified atom stereocenters. The summed E-state index contributed by atoms with van der Waals surface area (Å²) in [4.78, 5) is 17.3. The number of fused-ring (bicyclic) bond motifs is 6. The molecule has 10 rings (SSSR count). The Kier molecular flexibility index (Phi) is 12.0. The first-order valence-electron chi connectivity index (χ1n) is 25.6. The molecule has 26 heteroatoms. The minimum Gasteiger partial charge on any atom is -0.310 e. The smallest absolute Gasteiger partial charge is 0.238 e. The molecule has 318 valence electrons. The monoisotopic (exact) mass is 892 g/mol. The molecule has 71 heavy (non-hydrogen) atoms. The van der Waals surface area contributed by atoms with Gasteiger partial charge in [-0.25, -0.2) is 4.98 Å². The second-order valence-corrected chi connectivity index (χ2v) is 21.4. The normalized spacial score (nSPS) is 11.7. The molecule has 3 aromatic heterocycles. The van der Waals surface area contributed by atoms with Gasteiger partial charge >= 0.3 is 0 Å². The number of benzene rings is 7. The quantitative estimate of drug-likeness (QED) is 0.162. The lowest BCUT2D eigenvalue weighted by Crippen LogP contribution is -2.57. The summed E-state index contributed by atoms with van der Waals surface area (Å²) in [7, 11) is 48.3. The Balaban J connectivity index is 1.41. The minimum atomic E-state index is 0.609. The molecule has 0 N–H and O–H groups in total. The van der Waals surface area contributed by atoms with Crippen molar-refractivity contribution in [2.75, 3.05) is 0 Å². The number of nitrogens with zero attached hydrogens (tertiary/aromatic N) is 5. The lowest BCUT2D eigenvalue weighted by Gasteiger charge is -2.27. The van der Waals surface area contributed by atoms with Crippen LogP contribution >= 0.6 is 0 Å². The van der Waals surface area contributed by atoms with E-state index in [9.17, 15) is 0 Å². The molecule has 0 radical (unpaired) electrons. The largest absolute Gasteiger partial charge is 0.310 e. The molecule has 10 aromatic rings. The van der Waals surface area contributed by atoms with Gasteiger partial charge in [0.2, 0.25) is 5.95 Å². The van der Waals surface area contributed by atoms with Gasteiger partial charge in [-0.15, -0.1) is 32.8 Å². The fraction of sp³-hybridized carbons (Fsp3) is 0. The topological polar surface area (TPSA) is 48.5 Å². The van der Waals surface area contributed by atoms with Gasteiger partial charge in [-0.05, 0) is 34.0 Å². The third-order valence-corrected chi connectivity index (χ3v) is 18.6. The third kappa shape index (κ3) is 6.80. The molecule has 5 nitrogen and oxygen atoms in total. The van der Waals surface area contributed by atoms with E-state index in [0.29, 0.717) is 17.6 Å². The summed E-state index contributed by atoms with van der Waals surface area (Å²) < 4.78 is 4.91. The van der Waals surface area contributed by atoms with Crippen molar-refractivity contribution < 1.29 is 0 Å². The van der Waals surface area contributed by atoms with E-state index < -0.39 is 0 Å². The van der Waals surface area contributed by atoms with Crippen LogP contribution in [0, 0.1) is 0 Å². The summed E-state index contributed by atoms with van der Waals surface area (Å²) in [6, 6.07) is 17.3. The number of hydrogen-bond donors (Lipinski definition) is 0. The zero-order valence-corrected chi connectivity index (χ0v) is 46.4. The Labute approximate surface area is 438 Å². The highest BCUT2D eigenvalue weighted by atomic mass is 15.2. The molecule has 0 amide bonds. The first kappa shape index (κ1) is 49.1. The van der Waals surface area contributed by atoms with E-state index in [1.165, 1.54) is 158 Å². The first-order valence-corrected chi connectivity index (χ1v) is 25.6. The van der Waals surface area contributed by atoms with Gasteiger partial charge in [0, 0.05) is 38.6 Å². The second kappa shape index (κ2) is 17.3. The molecule has 0 saturated heterocycles. The summed E-state index contributed by atoms with van der Waals surface area (Å²) in [5.74, 6) is 1.97. The molecular formula is C45H50B21N5. The molecule has 0 aliphatic carbocycles. The Morgan fingerprint density at radius 3 is 1.01 bits per heavy atom. The molecule has 0 fully saturated rings. The maximum atomic E-state index is 5.82. The van der Waals surface area contributed by atoms with Crippen LogP contribution in [0.4, 0.5) is 0 Å². The van der Waals surface area contributed by atoms with Crippen molar-refractivity contribution in [2.45, 2.75) is 0 Å². The Hall–Kier alpha value is -5.49. The van der Waals surface area contributed by atoms with Crippen LogP contribution in [0.15, 0.2) is 48.5 Å². The van der Waals surface area contributed by atoms with Crippen molar-refractivity contribution in [1.82, 2.24) is 24.1 Å². The van der Waals surface area contributed by atoms with Crippen LogP contribution < -0.4 is 115 Å². The maximum Gasteiger partial charge on any atom is 0.238 e. The van der Waals surface area contributed by atoms with Crippen molar-refractivity contribution in [3.05, 3.63) is 48.5 Å². The van der Waals surface area contributed by atoms with Crippen LogP contribution in [0.25, 0.3) is 89.2 Å². The van der Waals surface area contributed by atoms with Gasteiger partial charge in [0.05, 0.1) is 11.0 Å². The van der Waals surface area contributed by atoms with Gasteiger partial charge in [-0.3, -0.25) is 4.57 Å². The van der Waals surface area contributed by atoms with Crippen molar-refractivity contribution in [2.24, 2.45) is 0 Å². The zero-order chi connectivity index (χ0) is 51.3. The molecule has 7 aromatic carbocycles. The van der Waals surface area contributed by atoms with E-state index in [1.54, 1.807) is 0 Å².